The fourth-order valence-electron chi connectivity index (χ4n) is 3.40. The Kier molecular flexibility index (Phi) is 13.0. The molecule has 37 heavy (non-hydrogen) atoms. The third-order valence-corrected chi connectivity index (χ3v) is 5.23. The van der Waals surface area contributed by atoms with Gasteiger partial charge in [0.2, 0.25) is 6.41 Å². The summed E-state index contributed by atoms with van der Waals surface area (Å²) >= 11 is 0. The van der Waals surface area contributed by atoms with Gasteiger partial charge in [0.15, 0.2) is 0 Å². The molecule has 8 heteroatoms. The number of hydroxylamine groups is 1. The average molecular weight is 508 g/mol. The maximum Gasteiger partial charge on any atom is 0.342 e. The lowest BCUT2D eigenvalue weighted by Gasteiger charge is -2.15. The molecule has 0 radical (unpaired) electrons. The number of nitrogens with one attached hydrogen (secondary N) is 1. The van der Waals surface area contributed by atoms with Crippen LogP contribution in [0.25, 0.3) is 11.1 Å². The molecule has 0 aliphatic heterocycles. The molecule has 0 heterocycles. The van der Waals surface area contributed by atoms with Crippen molar-refractivity contribution in [3.05, 3.63) is 89.5 Å². The summed E-state index contributed by atoms with van der Waals surface area (Å²) in [5.74, 6) is -0.429. The summed E-state index contributed by atoms with van der Waals surface area (Å²) in [6, 6.07) is 21.9. The summed E-state index contributed by atoms with van der Waals surface area (Å²) in [4.78, 5) is 38.7. The zero-order valence-electron chi connectivity index (χ0n) is 21.4. The van der Waals surface area contributed by atoms with E-state index in [-0.39, 0.29) is 0 Å². The van der Waals surface area contributed by atoms with Crippen LogP contribution in [0.1, 0.15) is 52.5 Å². The smallest absolute Gasteiger partial charge is 0.342 e. The minimum absolute atomic E-state index is 0.355. The van der Waals surface area contributed by atoms with Crippen LogP contribution in [0.5, 0.6) is 5.75 Å². The van der Waals surface area contributed by atoms with Crippen molar-refractivity contribution in [1.29, 1.82) is 0 Å². The molecule has 3 rings (SSSR count). The summed E-state index contributed by atoms with van der Waals surface area (Å²) in [6.45, 7) is 3.05. The maximum atomic E-state index is 12.4. The number of unbranched alkanes of at least 4 members (excludes halogenated alkanes) is 2. The molecule has 0 unspecified atom stereocenters. The molecule has 1 amide bonds. The van der Waals surface area contributed by atoms with Crippen molar-refractivity contribution in [1.82, 2.24) is 5.48 Å². The highest BCUT2D eigenvalue weighted by atomic mass is 16.6. The van der Waals surface area contributed by atoms with Crippen LogP contribution in [0.2, 0.25) is 0 Å². The number of methoxy groups -OCH3 is 2. The van der Waals surface area contributed by atoms with Crippen LogP contribution < -0.4 is 10.2 Å². The molecule has 0 aromatic heterocycles. The van der Waals surface area contributed by atoms with Gasteiger partial charge in [-0.3, -0.25) is 9.63 Å². The summed E-state index contributed by atoms with van der Waals surface area (Å²) in [6.07, 6.45) is 3.57. The molecule has 0 atom stereocenters. The first-order chi connectivity index (χ1) is 18.0. The average Bonchev–Trinajstić information content (AvgIpc) is 2.95. The van der Waals surface area contributed by atoms with Gasteiger partial charge >= 0.3 is 11.9 Å². The van der Waals surface area contributed by atoms with Crippen LogP contribution in [-0.4, -0.2) is 39.2 Å². The second kappa shape index (κ2) is 16.5. The van der Waals surface area contributed by atoms with Crippen molar-refractivity contribution in [2.75, 3.05) is 20.8 Å². The van der Waals surface area contributed by atoms with Gasteiger partial charge in [0.05, 0.1) is 33.0 Å². The molecule has 0 spiro atoms. The molecule has 0 saturated carbocycles. The van der Waals surface area contributed by atoms with Crippen LogP contribution >= 0.6 is 0 Å². The van der Waals surface area contributed by atoms with Crippen molar-refractivity contribution in [3.63, 3.8) is 0 Å². The Morgan fingerprint density at radius 1 is 0.865 bits per heavy atom. The lowest BCUT2D eigenvalue weighted by molar-refractivity contribution is -0.121. The summed E-state index contributed by atoms with van der Waals surface area (Å²) in [5, 5.41) is 0. The lowest BCUT2D eigenvalue weighted by atomic mass is 9.97. The molecule has 0 aliphatic rings. The van der Waals surface area contributed by atoms with Crippen molar-refractivity contribution in [2.24, 2.45) is 0 Å². The number of rotatable bonds is 12. The first kappa shape index (κ1) is 29.1. The molecule has 3 aromatic carbocycles. The molecular formula is C29H33NO7. The van der Waals surface area contributed by atoms with E-state index in [0.717, 1.165) is 24.8 Å². The first-order valence-corrected chi connectivity index (χ1v) is 11.9. The third-order valence-electron chi connectivity index (χ3n) is 5.23. The highest BCUT2D eigenvalue weighted by Gasteiger charge is 2.20. The van der Waals surface area contributed by atoms with Crippen molar-refractivity contribution < 1.29 is 33.4 Å². The van der Waals surface area contributed by atoms with Gasteiger partial charge in [-0.1, -0.05) is 74.4 Å². The Labute approximate surface area is 217 Å². The number of carbonyl (C=O) groups excluding carboxylic acids is 3. The predicted molar refractivity (Wildman–Crippen MR) is 140 cm³/mol. The van der Waals surface area contributed by atoms with E-state index in [1.807, 2.05) is 48.5 Å². The summed E-state index contributed by atoms with van der Waals surface area (Å²) in [5.41, 5.74) is 5.28. The first-order valence-electron chi connectivity index (χ1n) is 11.9. The van der Waals surface area contributed by atoms with Gasteiger partial charge in [0, 0.05) is 0 Å². The number of ether oxygens (including phenoxy) is 3. The van der Waals surface area contributed by atoms with Crippen LogP contribution in [0.15, 0.2) is 72.8 Å². The van der Waals surface area contributed by atoms with E-state index < -0.39 is 11.9 Å². The fourth-order valence-corrected chi connectivity index (χ4v) is 3.40. The molecule has 0 saturated heterocycles. The van der Waals surface area contributed by atoms with E-state index in [2.05, 4.69) is 12.4 Å². The topological polar surface area (TPSA) is 100 Å². The number of benzene rings is 3. The Bertz CT molecular complexity index is 1130. The molecule has 196 valence electrons. The van der Waals surface area contributed by atoms with Crippen molar-refractivity contribution in [3.8, 4) is 16.9 Å². The van der Waals surface area contributed by atoms with Crippen LogP contribution in [-0.2, 0) is 25.7 Å². The van der Waals surface area contributed by atoms with Crippen molar-refractivity contribution in [2.45, 2.75) is 32.8 Å². The molecular weight excluding hydrogens is 474 g/mol. The monoisotopic (exact) mass is 507 g/mol. The number of amides is 1. The van der Waals surface area contributed by atoms with E-state index in [0.29, 0.717) is 47.6 Å². The number of hydrogen-bond acceptors (Lipinski definition) is 7. The minimum atomic E-state index is -0.477. The highest BCUT2D eigenvalue weighted by molar-refractivity contribution is 6.01. The Hall–Kier alpha value is -4.17. The van der Waals surface area contributed by atoms with Gasteiger partial charge in [0.1, 0.15) is 11.3 Å². The number of esters is 2. The van der Waals surface area contributed by atoms with E-state index >= 15 is 0 Å². The standard InChI is InChI=1S/C21H24O5.C8H9NO2/c1-4-5-6-13-26-18-12-8-11-17(19(18)21(23)25-3)15-9-7-10-16(14-15)20(22)24-2;10-7-9-11-6-8-4-2-1-3-5-8/h7-12,14H,4-6,13H2,1-3H3;1-5,7H,6H2,(H,9,10). The Morgan fingerprint density at radius 2 is 1.59 bits per heavy atom. The summed E-state index contributed by atoms with van der Waals surface area (Å²) < 4.78 is 15.6. The quantitative estimate of drug-likeness (QED) is 0.152. The van der Waals surface area contributed by atoms with Crippen LogP contribution in [0.4, 0.5) is 0 Å². The minimum Gasteiger partial charge on any atom is -0.493 e. The van der Waals surface area contributed by atoms with Crippen LogP contribution in [0, 0.1) is 0 Å². The fraction of sp³-hybridized carbons (Fsp3) is 0.276. The van der Waals surface area contributed by atoms with E-state index in [1.165, 1.54) is 14.2 Å². The number of hydrogen-bond donors (Lipinski definition) is 1. The molecule has 0 aliphatic carbocycles. The lowest BCUT2D eigenvalue weighted by Crippen LogP contribution is -2.10. The molecule has 1 N–H and O–H groups in total. The van der Waals surface area contributed by atoms with Gasteiger partial charge in [0.25, 0.3) is 0 Å². The molecule has 0 bridgehead atoms. The second-order valence-corrected chi connectivity index (χ2v) is 7.81. The van der Waals surface area contributed by atoms with Crippen LogP contribution in [0.3, 0.4) is 0 Å². The van der Waals surface area contributed by atoms with E-state index in [4.69, 9.17) is 19.0 Å². The molecule has 8 nitrogen and oxygen atoms in total. The van der Waals surface area contributed by atoms with Gasteiger partial charge in [-0.2, -0.15) is 0 Å². The summed E-state index contributed by atoms with van der Waals surface area (Å²) in [7, 11) is 2.67. The molecule has 3 aromatic rings. The zero-order chi connectivity index (χ0) is 26.9. The van der Waals surface area contributed by atoms with Gasteiger partial charge in [-0.05, 0) is 41.3 Å². The van der Waals surface area contributed by atoms with Gasteiger partial charge < -0.3 is 14.2 Å². The van der Waals surface area contributed by atoms with Crippen molar-refractivity contribution >= 4 is 18.3 Å². The van der Waals surface area contributed by atoms with E-state index in [1.54, 1.807) is 24.3 Å². The van der Waals surface area contributed by atoms with E-state index in [9.17, 15) is 14.4 Å². The maximum absolute atomic E-state index is 12.4. The Morgan fingerprint density at radius 3 is 2.27 bits per heavy atom. The second-order valence-electron chi connectivity index (χ2n) is 7.81. The zero-order valence-corrected chi connectivity index (χ0v) is 21.4. The highest BCUT2D eigenvalue weighted by Crippen LogP contribution is 2.32. The largest absolute Gasteiger partial charge is 0.493 e. The number of carbonyl (C=O) groups is 3. The normalized spacial score (nSPS) is 9.92. The van der Waals surface area contributed by atoms with Gasteiger partial charge in [-0.25, -0.2) is 15.1 Å². The molecule has 0 fully saturated rings. The van der Waals surface area contributed by atoms with Gasteiger partial charge in [-0.15, -0.1) is 0 Å². The SMILES string of the molecule is CCCCCOc1cccc(-c2cccc(C(=O)OC)c2)c1C(=O)OC.O=CNOCc1ccccc1. The third kappa shape index (κ3) is 9.42. The Balaban J connectivity index is 0.000000364. The predicted octanol–water partition coefficient (Wildman–Crippen LogP) is 5.36.